The zero-order valence-corrected chi connectivity index (χ0v) is 15.3. The van der Waals surface area contributed by atoms with E-state index in [2.05, 4.69) is 9.98 Å². The summed E-state index contributed by atoms with van der Waals surface area (Å²) in [6, 6.07) is 9.78. The summed E-state index contributed by atoms with van der Waals surface area (Å²) in [5.41, 5.74) is 12.0. The summed E-state index contributed by atoms with van der Waals surface area (Å²) in [6.45, 7) is 4.05. The van der Waals surface area contributed by atoms with Crippen molar-refractivity contribution < 1.29 is 0 Å². The normalized spacial score (nSPS) is 15.6. The Morgan fingerprint density at radius 2 is 2.04 bits per heavy atom. The van der Waals surface area contributed by atoms with Gasteiger partial charge in [0, 0.05) is 23.5 Å². The molecule has 0 spiro atoms. The van der Waals surface area contributed by atoms with Crippen LogP contribution in [0.4, 0.5) is 0 Å². The molecule has 0 saturated heterocycles. The van der Waals surface area contributed by atoms with Crippen LogP contribution in [0.3, 0.4) is 0 Å². The molecule has 0 aliphatic heterocycles. The summed E-state index contributed by atoms with van der Waals surface area (Å²) in [5.74, 6) is 0.514. The predicted molar refractivity (Wildman–Crippen MR) is 109 cm³/mol. The van der Waals surface area contributed by atoms with Gasteiger partial charge >= 0.3 is 0 Å². The molecule has 1 aliphatic carbocycles. The highest BCUT2D eigenvalue weighted by Gasteiger charge is 2.20. The van der Waals surface area contributed by atoms with Gasteiger partial charge in [0.1, 0.15) is 7.85 Å². The number of benzene rings is 1. The number of amidine groups is 1. The quantitative estimate of drug-likeness (QED) is 0.505. The molecule has 1 aliphatic rings. The first kappa shape index (κ1) is 18.1. The molecule has 3 N–H and O–H groups in total. The van der Waals surface area contributed by atoms with Gasteiger partial charge < -0.3 is 5.73 Å². The fraction of sp³-hybridized carbons (Fsp3) is 0.286. The molecule has 1 heterocycles. The fourth-order valence-corrected chi connectivity index (χ4v) is 3.05. The van der Waals surface area contributed by atoms with Gasteiger partial charge in [-0.15, -0.1) is 0 Å². The Morgan fingerprint density at radius 1 is 1.27 bits per heavy atom. The maximum atomic E-state index is 8.32. The van der Waals surface area contributed by atoms with Crippen LogP contribution in [0.25, 0.3) is 5.57 Å². The van der Waals surface area contributed by atoms with Crippen molar-refractivity contribution in [2.75, 3.05) is 0 Å². The van der Waals surface area contributed by atoms with Crippen molar-refractivity contribution in [2.45, 2.75) is 33.1 Å². The lowest BCUT2D eigenvalue weighted by atomic mass is 9.74. The molecular formula is C21H23BN4. The van der Waals surface area contributed by atoms with E-state index in [0.29, 0.717) is 11.5 Å². The van der Waals surface area contributed by atoms with Crippen LogP contribution in [0.2, 0.25) is 0 Å². The smallest absolute Gasteiger partial charge is 0.150 e. The minimum absolute atomic E-state index is 0.184. The van der Waals surface area contributed by atoms with Crippen molar-refractivity contribution in [1.82, 2.24) is 4.98 Å². The molecule has 2 aromatic rings. The molecule has 26 heavy (non-hydrogen) atoms. The molecule has 0 atom stereocenters. The zero-order valence-electron chi connectivity index (χ0n) is 15.3. The van der Waals surface area contributed by atoms with Crippen molar-refractivity contribution in [2.24, 2.45) is 16.6 Å². The van der Waals surface area contributed by atoms with E-state index >= 15 is 0 Å². The minimum Gasteiger partial charge on any atom is -0.404 e. The monoisotopic (exact) mass is 342 g/mol. The Balaban J connectivity index is 1.95. The first-order chi connectivity index (χ1) is 12.5. The van der Waals surface area contributed by atoms with Gasteiger partial charge in [-0.05, 0) is 73.1 Å². The maximum absolute atomic E-state index is 8.32. The van der Waals surface area contributed by atoms with Gasteiger partial charge in [-0.25, -0.2) is 4.99 Å². The van der Waals surface area contributed by atoms with Gasteiger partial charge in [-0.3, -0.25) is 10.4 Å². The second-order valence-corrected chi connectivity index (χ2v) is 6.84. The second-order valence-electron chi connectivity index (χ2n) is 6.84. The third kappa shape index (κ3) is 3.77. The molecule has 1 fully saturated rings. The molecule has 1 aromatic carbocycles. The zero-order chi connectivity index (χ0) is 18.7. The molecule has 0 bridgehead atoms. The van der Waals surface area contributed by atoms with E-state index in [0.717, 1.165) is 46.4 Å². The first-order valence-corrected chi connectivity index (χ1v) is 8.88. The topological polar surface area (TPSA) is 75.1 Å². The summed E-state index contributed by atoms with van der Waals surface area (Å²) in [6.07, 6.45) is 6.68. The molecule has 130 valence electrons. The first-order valence-electron chi connectivity index (χ1n) is 8.88. The van der Waals surface area contributed by atoms with E-state index in [1.54, 1.807) is 12.4 Å². The summed E-state index contributed by atoms with van der Waals surface area (Å²) < 4.78 is 0. The van der Waals surface area contributed by atoms with E-state index in [9.17, 15) is 0 Å². The summed E-state index contributed by atoms with van der Waals surface area (Å²) in [7, 11) is 6.05. The highest BCUT2D eigenvalue weighted by atomic mass is 14.8. The number of nitrogens with two attached hydrogens (primary N) is 1. The van der Waals surface area contributed by atoms with Crippen LogP contribution in [0, 0.1) is 25.2 Å². The fourth-order valence-electron chi connectivity index (χ4n) is 3.05. The van der Waals surface area contributed by atoms with Crippen molar-refractivity contribution in [3.63, 3.8) is 0 Å². The second kappa shape index (κ2) is 7.69. The van der Waals surface area contributed by atoms with Crippen LogP contribution in [-0.4, -0.2) is 24.3 Å². The molecule has 5 heteroatoms. The van der Waals surface area contributed by atoms with Gasteiger partial charge in [-0.1, -0.05) is 18.6 Å². The lowest BCUT2D eigenvalue weighted by molar-refractivity contribution is 0.418. The summed E-state index contributed by atoms with van der Waals surface area (Å²) in [4.78, 5) is 8.77. The lowest BCUT2D eigenvalue weighted by Gasteiger charge is -2.25. The lowest BCUT2D eigenvalue weighted by Crippen LogP contribution is -2.23. The number of nitrogens with zero attached hydrogens (tertiary/aromatic N) is 2. The van der Waals surface area contributed by atoms with Crippen molar-refractivity contribution in [3.05, 3.63) is 70.7 Å². The van der Waals surface area contributed by atoms with E-state index in [4.69, 9.17) is 19.0 Å². The van der Waals surface area contributed by atoms with Crippen LogP contribution in [0.15, 0.2) is 47.7 Å². The van der Waals surface area contributed by atoms with Crippen LogP contribution in [0.1, 0.15) is 47.2 Å². The van der Waals surface area contributed by atoms with Crippen molar-refractivity contribution in [1.29, 1.82) is 5.41 Å². The number of pyridine rings is 1. The van der Waals surface area contributed by atoms with Crippen LogP contribution in [0.5, 0.6) is 0 Å². The highest BCUT2D eigenvalue weighted by Crippen LogP contribution is 2.28. The van der Waals surface area contributed by atoms with Crippen LogP contribution >= 0.6 is 0 Å². The SMILES string of the molecule is [B]C(=NC(=N)c1ccc(C)c(/C(=C/N)c2cc(C)ccn2)c1)C1CCC1. The Morgan fingerprint density at radius 3 is 2.65 bits per heavy atom. The largest absolute Gasteiger partial charge is 0.404 e. The Bertz CT molecular complexity index is 895. The van der Waals surface area contributed by atoms with Gasteiger partial charge in [0.15, 0.2) is 5.84 Å². The van der Waals surface area contributed by atoms with Gasteiger partial charge in [-0.2, -0.15) is 0 Å². The molecule has 0 unspecified atom stereocenters. The van der Waals surface area contributed by atoms with Gasteiger partial charge in [0.2, 0.25) is 0 Å². The number of hydrogen-bond acceptors (Lipinski definition) is 3. The summed E-state index contributed by atoms with van der Waals surface area (Å²) in [5, 5.41) is 8.32. The maximum Gasteiger partial charge on any atom is 0.150 e. The van der Waals surface area contributed by atoms with Crippen molar-refractivity contribution in [3.8, 4) is 0 Å². The highest BCUT2D eigenvalue weighted by molar-refractivity contribution is 6.61. The van der Waals surface area contributed by atoms with E-state index in [-0.39, 0.29) is 5.84 Å². The Hall–Kier alpha value is -2.69. The predicted octanol–water partition coefficient (Wildman–Crippen LogP) is 3.74. The Labute approximate surface area is 156 Å². The average molecular weight is 342 g/mol. The number of hydrogen-bond donors (Lipinski definition) is 2. The number of aromatic nitrogens is 1. The van der Waals surface area contributed by atoms with E-state index < -0.39 is 0 Å². The molecular weight excluding hydrogens is 319 g/mol. The number of nitrogens with one attached hydrogen (secondary N) is 1. The minimum atomic E-state index is 0.184. The average Bonchev–Trinajstić information content (AvgIpc) is 2.55. The number of rotatable bonds is 4. The molecule has 3 rings (SSSR count). The van der Waals surface area contributed by atoms with Gasteiger partial charge in [0.05, 0.1) is 5.69 Å². The van der Waals surface area contributed by atoms with Crippen LogP contribution in [-0.2, 0) is 0 Å². The molecule has 1 aromatic heterocycles. The summed E-state index contributed by atoms with van der Waals surface area (Å²) >= 11 is 0. The van der Waals surface area contributed by atoms with Gasteiger partial charge in [0.25, 0.3) is 0 Å². The molecule has 2 radical (unpaired) electrons. The van der Waals surface area contributed by atoms with E-state index in [1.165, 1.54) is 6.42 Å². The molecule has 1 saturated carbocycles. The number of aliphatic imine (C=N–C) groups is 1. The third-order valence-corrected chi connectivity index (χ3v) is 4.92. The van der Waals surface area contributed by atoms with Crippen LogP contribution < -0.4 is 5.73 Å². The van der Waals surface area contributed by atoms with Crippen molar-refractivity contribution >= 4 is 24.9 Å². The Kier molecular flexibility index (Phi) is 5.36. The third-order valence-electron chi connectivity index (χ3n) is 4.92. The van der Waals surface area contributed by atoms with E-state index in [1.807, 2.05) is 44.2 Å². The molecule has 4 nitrogen and oxygen atoms in total. The number of aryl methyl sites for hydroxylation is 2. The molecule has 0 amide bonds. The standard InChI is InChI=1S/C21H23BN4/c1-13-8-9-25-19(10-13)18(12-23)17-11-16(7-6-14(17)2)21(24)26-20(22)15-4-3-5-15/h6-12,15,24H,3-5,23H2,1-2H3/b18-12-,24-21?,26-20?.